The van der Waals surface area contributed by atoms with Gasteiger partial charge in [-0.1, -0.05) is 0 Å². The SMILES string of the molecule is CC(=O)OOCCO[N+](=O)[O-]. The molecule has 0 saturated carbocycles. The number of carbonyl (C=O) groups is 1. The lowest BCUT2D eigenvalue weighted by atomic mass is 10.8. The number of nitrogens with zero attached hydrogens (tertiary/aromatic N) is 1. The van der Waals surface area contributed by atoms with E-state index in [1.54, 1.807) is 0 Å². The first kappa shape index (κ1) is 9.63. The zero-order valence-corrected chi connectivity index (χ0v) is 5.81. The number of hydrogen-bond donors (Lipinski definition) is 0. The van der Waals surface area contributed by atoms with E-state index in [4.69, 9.17) is 0 Å². The van der Waals surface area contributed by atoms with Crippen molar-refractivity contribution < 1.29 is 24.5 Å². The van der Waals surface area contributed by atoms with Gasteiger partial charge in [0, 0.05) is 6.92 Å². The quantitative estimate of drug-likeness (QED) is 0.240. The third-order valence-electron chi connectivity index (χ3n) is 0.540. The second kappa shape index (κ2) is 5.42. The van der Waals surface area contributed by atoms with Crippen molar-refractivity contribution in [1.29, 1.82) is 0 Å². The number of hydrogen-bond acceptors (Lipinski definition) is 6. The van der Waals surface area contributed by atoms with E-state index in [9.17, 15) is 14.9 Å². The van der Waals surface area contributed by atoms with Gasteiger partial charge >= 0.3 is 5.97 Å². The molecular weight excluding hydrogens is 158 g/mol. The average molecular weight is 165 g/mol. The Hall–Kier alpha value is -1.37. The summed E-state index contributed by atoms with van der Waals surface area (Å²) in [6.07, 6.45) is 0. The molecule has 0 aliphatic heterocycles. The summed E-state index contributed by atoms with van der Waals surface area (Å²) in [7, 11) is 0. The number of carbonyl (C=O) groups excluding carboxylic acids is 1. The van der Waals surface area contributed by atoms with E-state index in [2.05, 4.69) is 14.6 Å². The van der Waals surface area contributed by atoms with Crippen LogP contribution in [-0.2, 0) is 19.4 Å². The molecule has 0 atom stereocenters. The molecule has 0 unspecified atom stereocenters. The maximum absolute atomic E-state index is 10.0. The minimum atomic E-state index is -0.961. The van der Waals surface area contributed by atoms with Crippen LogP contribution in [0.3, 0.4) is 0 Å². The second-order valence-corrected chi connectivity index (χ2v) is 1.45. The Kier molecular flexibility index (Phi) is 4.74. The fourth-order valence-corrected chi connectivity index (χ4v) is 0.270. The summed E-state index contributed by atoms with van der Waals surface area (Å²) in [5.41, 5.74) is 0. The number of rotatable bonds is 5. The van der Waals surface area contributed by atoms with Crippen LogP contribution in [0.5, 0.6) is 0 Å². The molecule has 0 heterocycles. The van der Waals surface area contributed by atoms with Gasteiger partial charge in [-0.05, 0) is 0 Å². The van der Waals surface area contributed by atoms with E-state index >= 15 is 0 Å². The Bertz CT molecular complexity index is 130. The van der Waals surface area contributed by atoms with Crippen molar-refractivity contribution in [3.05, 3.63) is 10.1 Å². The van der Waals surface area contributed by atoms with Crippen molar-refractivity contribution >= 4 is 5.97 Å². The van der Waals surface area contributed by atoms with E-state index in [0.717, 1.165) is 6.92 Å². The van der Waals surface area contributed by atoms with Crippen molar-refractivity contribution in [3.8, 4) is 0 Å². The molecule has 7 nitrogen and oxygen atoms in total. The van der Waals surface area contributed by atoms with Crippen LogP contribution in [0.4, 0.5) is 0 Å². The standard InChI is InChI=1S/C4H7NO6/c1-4(6)11-10-3-2-9-5(7)8/h2-3H2,1H3. The summed E-state index contributed by atoms with van der Waals surface area (Å²) in [6, 6.07) is 0. The first-order valence-electron chi connectivity index (χ1n) is 2.70. The molecule has 0 aliphatic rings. The zero-order valence-electron chi connectivity index (χ0n) is 5.81. The Morgan fingerprint density at radius 3 is 2.64 bits per heavy atom. The smallest absolute Gasteiger partial charge is 0.311 e. The maximum Gasteiger partial charge on any atom is 0.339 e. The van der Waals surface area contributed by atoms with Crippen LogP contribution in [0.25, 0.3) is 0 Å². The highest BCUT2D eigenvalue weighted by molar-refractivity contribution is 5.65. The first-order chi connectivity index (χ1) is 5.13. The van der Waals surface area contributed by atoms with Gasteiger partial charge in [-0.15, -0.1) is 10.1 Å². The molecular formula is C4H7NO6. The minimum absolute atomic E-state index is 0.166. The molecule has 0 spiro atoms. The third-order valence-corrected chi connectivity index (χ3v) is 0.540. The van der Waals surface area contributed by atoms with Gasteiger partial charge in [0.05, 0.1) is 0 Å². The van der Waals surface area contributed by atoms with Crippen LogP contribution in [0.15, 0.2) is 0 Å². The highest BCUT2D eigenvalue weighted by Crippen LogP contribution is 1.81. The molecule has 0 fully saturated rings. The van der Waals surface area contributed by atoms with E-state index in [1.807, 2.05) is 0 Å². The predicted molar refractivity (Wildman–Crippen MR) is 30.7 cm³/mol. The van der Waals surface area contributed by atoms with Crippen molar-refractivity contribution in [1.82, 2.24) is 0 Å². The average Bonchev–Trinajstić information content (AvgIpc) is 1.85. The highest BCUT2D eigenvalue weighted by atomic mass is 17.2. The van der Waals surface area contributed by atoms with Gasteiger partial charge in [-0.2, -0.15) is 4.89 Å². The Morgan fingerprint density at radius 1 is 1.55 bits per heavy atom. The molecule has 0 aromatic heterocycles. The minimum Gasteiger partial charge on any atom is -0.311 e. The van der Waals surface area contributed by atoms with Crippen LogP contribution < -0.4 is 0 Å². The van der Waals surface area contributed by atoms with Crippen LogP contribution in [0.1, 0.15) is 6.92 Å². The molecule has 0 N–H and O–H groups in total. The van der Waals surface area contributed by atoms with Gasteiger partial charge in [0.2, 0.25) is 0 Å². The first-order valence-corrected chi connectivity index (χ1v) is 2.70. The monoisotopic (exact) mass is 165 g/mol. The van der Waals surface area contributed by atoms with E-state index in [1.165, 1.54) is 0 Å². The molecule has 0 rings (SSSR count). The topological polar surface area (TPSA) is 87.9 Å². The molecule has 64 valence electrons. The molecule has 0 bridgehead atoms. The van der Waals surface area contributed by atoms with Gasteiger partial charge in [0.15, 0.2) is 0 Å². The summed E-state index contributed by atoms with van der Waals surface area (Å²) in [6.45, 7) is 0.717. The lowest BCUT2D eigenvalue weighted by Gasteiger charge is -1.98. The summed E-state index contributed by atoms with van der Waals surface area (Å²) in [5.74, 6) is -0.619. The molecule has 0 radical (unpaired) electrons. The van der Waals surface area contributed by atoms with Crippen LogP contribution >= 0.6 is 0 Å². The summed E-state index contributed by atoms with van der Waals surface area (Å²) < 4.78 is 0. The Balaban J connectivity index is 3.03. The van der Waals surface area contributed by atoms with Crippen LogP contribution in [0.2, 0.25) is 0 Å². The highest BCUT2D eigenvalue weighted by Gasteiger charge is 1.96. The summed E-state index contributed by atoms with van der Waals surface area (Å²) in [4.78, 5) is 31.5. The Morgan fingerprint density at radius 2 is 2.18 bits per heavy atom. The van der Waals surface area contributed by atoms with Crippen molar-refractivity contribution in [2.75, 3.05) is 13.2 Å². The van der Waals surface area contributed by atoms with E-state index in [0.29, 0.717) is 0 Å². The maximum atomic E-state index is 10.0. The van der Waals surface area contributed by atoms with Gasteiger partial charge in [0.25, 0.3) is 5.09 Å². The second-order valence-electron chi connectivity index (χ2n) is 1.45. The van der Waals surface area contributed by atoms with Gasteiger partial charge in [0.1, 0.15) is 13.2 Å². The lowest BCUT2D eigenvalue weighted by Crippen LogP contribution is -2.10. The molecule has 7 heteroatoms. The van der Waals surface area contributed by atoms with Gasteiger partial charge < -0.3 is 4.84 Å². The molecule has 0 aliphatic carbocycles. The van der Waals surface area contributed by atoms with E-state index in [-0.39, 0.29) is 13.2 Å². The molecule has 0 aromatic carbocycles. The predicted octanol–water partition coefficient (Wildman–Crippen LogP) is -0.311. The van der Waals surface area contributed by atoms with Crippen molar-refractivity contribution in [3.63, 3.8) is 0 Å². The fraction of sp³-hybridized carbons (Fsp3) is 0.750. The fourth-order valence-electron chi connectivity index (χ4n) is 0.270. The van der Waals surface area contributed by atoms with Crippen LogP contribution in [0, 0.1) is 10.1 Å². The van der Waals surface area contributed by atoms with Crippen molar-refractivity contribution in [2.45, 2.75) is 6.92 Å². The molecule has 0 saturated heterocycles. The normalized spacial score (nSPS) is 8.82. The summed E-state index contributed by atoms with van der Waals surface area (Å²) >= 11 is 0. The largest absolute Gasteiger partial charge is 0.339 e. The van der Waals surface area contributed by atoms with E-state index < -0.39 is 11.1 Å². The van der Waals surface area contributed by atoms with Crippen LogP contribution in [-0.4, -0.2) is 24.3 Å². The van der Waals surface area contributed by atoms with Crippen molar-refractivity contribution in [2.24, 2.45) is 0 Å². The molecule has 0 aromatic rings. The molecule has 0 amide bonds. The van der Waals surface area contributed by atoms with Gasteiger partial charge in [-0.3, -0.25) is 4.89 Å². The van der Waals surface area contributed by atoms with Gasteiger partial charge in [-0.25, -0.2) is 4.79 Å². The Labute approximate surface area is 61.9 Å². The summed E-state index contributed by atoms with van der Waals surface area (Å²) in [5, 5.41) is 8.56. The zero-order chi connectivity index (χ0) is 8.69. The third kappa shape index (κ3) is 8.63. The molecule has 11 heavy (non-hydrogen) atoms. The lowest BCUT2D eigenvalue weighted by molar-refractivity contribution is -0.758.